The number of pyridine rings is 1. The zero-order chi connectivity index (χ0) is 22.0. The molecule has 0 spiro atoms. The summed E-state index contributed by atoms with van der Waals surface area (Å²) in [6.07, 6.45) is 3.09. The number of furan rings is 1. The van der Waals surface area contributed by atoms with Gasteiger partial charge in [0.1, 0.15) is 23.3 Å². The Morgan fingerprint density at radius 2 is 2.03 bits per heavy atom. The van der Waals surface area contributed by atoms with Crippen LogP contribution in [0.4, 0.5) is 0 Å². The molecular formula is C24H22N2O5. The Balaban J connectivity index is 1.83. The quantitative estimate of drug-likeness (QED) is 0.369. The van der Waals surface area contributed by atoms with Crippen LogP contribution in [0.15, 0.2) is 71.0 Å². The van der Waals surface area contributed by atoms with Crippen molar-refractivity contribution >= 4 is 17.4 Å². The standard InChI is InChI=1S/C24H22N2O5/c1-3-30-19-10-9-16(13-15(19)2)22(27)20-21(18-8-4-5-11-25-18)26(24(29)23(20)28)14-17-7-6-12-31-17/h4-13,21,27H,3,14H2,1-2H3/b22-20-. The summed E-state index contributed by atoms with van der Waals surface area (Å²) >= 11 is 0. The third-order valence-electron chi connectivity index (χ3n) is 5.16. The minimum absolute atomic E-state index is 0.00110. The number of Topliss-reactive ketones (excluding diaryl/α,β-unsaturated/α-hetero) is 1. The number of aromatic nitrogens is 1. The number of ether oxygens (including phenoxy) is 1. The maximum atomic E-state index is 13.0. The van der Waals surface area contributed by atoms with Gasteiger partial charge < -0.3 is 19.2 Å². The summed E-state index contributed by atoms with van der Waals surface area (Å²) < 4.78 is 10.9. The summed E-state index contributed by atoms with van der Waals surface area (Å²) in [5.41, 5.74) is 1.72. The van der Waals surface area contributed by atoms with Crippen LogP contribution in [0.2, 0.25) is 0 Å². The molecule has 1 aromatic carbocycles. The fraction of sp³-hybridized carbons (Fsp3) is 0.208. The summed E-state index contributed by atoms with van der Waals surface area (Å²) in [5.74, 6) is -0.497. The predicted molar refractivity (Wildman–Crippen MR) is 113 cm³/mol. The maximum absolute atomic E-state index is 13.0. The highest BCUT2D eigenvalue weighted by atomic mass is 16.5. The monoisotopic (exact) mass is 418 g/mol. The number of carbonyl (C=O) groups is 2. The lowest BCUT2D eigenvalue weighted by Crippen LogP contribution is -2.29. The first-order valence-corrected chi connectivity index (χ1v) is 9.96. The summed E-state index contributed by atoms with van der Waals surface area (Å²) in [4.78, 5) is 31.6. The molecule has 158 valence electrons. The van der Waals surface area contributed by atoms with Gasteiger partial charge in [0.05, 0.1) is 30.7 Å². The van der Waals surface area contributed by atoms with Crippen molar-refractivity contribution in [3.05, 3.63) is 89.1 Å². The van der Waals surface area contributed by atoms with E-state index in [0.29, 0.717) is 29.4 Å². The van der Waals surface area contributed by atoms with Gasteiger partial charge in [-0.2, -0.15) is 0 Å². The Morgan fingerprint density at radius 3 is 2.68 bits per heavy atom. The lowest BCUT2D eigenvalue weighted by atomic mass is 9.97. The number of carbonyl (C=O) groups excluding carboxylic acids is 2. The SMILES string of the molecule is CCOc1ccc(/C(O)=C2/C(=O)C(=O)N(Cc3ccco3)C2c2ccccn2)cc1C. The lowest BCUT2D eigenvalue weighted by Gasteiger charge is -2.23. The van der Waals surface area contributed by atoms with E-state index in [2.05, 4.69) is 4.98 Å². The first-order valence-electron chi connectivity index (χ1n) is 9.96. The van der Waals surface area contributed by atoms with E-state index in [9.17, 15) is 14.7 Å². The van der Waals surface area contributed by atoms with Crippen LogP contribution in [0.3, 0.4) is 0 Å². The number of benzene rings is 1. The molecule has 1 unspecified atom stereocenters. The van der Waals surface area contributed by atoms with E-state index in [1.807, 2.05) is 13.8 Å². The Labute approximate surface area is 179 Å². The van der Waals surface area contributed by atoms with Crippen LogP contribution in [0.25, 0.3) is 5.76 Å². The highest BCUT2D eigenvalue weighted by Gasteiger charge is 2.47. The number of rotatable bonds is 6. The Hall–Kier alpha value is -3.87. The molecule has 7 heteroatoms. The van der Waals surface area contributed by atoms with Crippen molar-refractivity contribution in [3.8, 4) is 5.75 Å². The number of hydrogen-bond donors (Lipinski definition) is 1. The molecule has 1 saturated heterocycles. The van der Waals surface area contributed by atoms with Gasteiger partial charge in [0, 0.05) is 11.8 Å². The first kappa shape index (κ1) is 20.4. The summed E-state index contributed by atoms with van der Waals surface area (Å²) in [7, 11) is 0. The van der Waals surface area contributed by atoms with Crippen molar-refractivity contribution in [1.29, 1.82) is 0 Å². The molecule has 0 radical (unpaired) electrons. The van der Waals surface area contributed by atoms with Crippen LogP contribution >= 0.6 is 0 Å². The number of aryl methyl sites for hydroxylation is 1. The molecule has 1 fully saturated rings. The fourth-order valence-electron chi connectivity index (χ4n) is 3.73. The average Bonchev–Trinajstić information content (AvgIpc) is 3.38. The first-order chi connectivity index (χ1) is 15.0. The molecule has 1 N–H and O–H groups in total. The van der Waals surface area contributed by atoms with E-state index in [4.69, 9.17) is 9.15 Å². The molecule has 2 aromatic heterocycles. The molecule has 1 atom stereocenters. The van der Waals surface area contributed by atoms with E-state index in [0.717, 1.165) is 5.56 Å². The van der Waals surface area contributed by atoms with Gasteiger partial charge in [-0.25, -0.2) is 0 Å². The van der Waals surface area contributed by atoms with Gasteiger partial charge in [-0.05, 0) is 61.9 Å². The van der Waals surface area contributed by atoms with Gasteiger partial charge in [0.15, 0.2) is 0 Å². The van der Waals surface area contributed by atoms with Gasteiger partial charge in [-0.1, -0.05) is 6.07 Å². The average molecular weight is 418 g/mol. The highest BCUT2D eigenvalue weighted by molar-refractivity contribution is 6.46. The van der Waals surface area contributed by atoms with Crippen LogP contribution in [-0.4, -0.2) is 33.3 Å². The smallest absolute Gasteiger partial charge is 0.296 e. The topological polar surface area (TPSA) is 92.9 Å². The van der Waals surface area contributed by atoms with Gasteiger partial charge in [0.2, 0.25) is 0 Å². The second-order valence-corrected chi connectivity index (χ2v) is 7.17. The third kappa shape index (κ3) is 3.82. The fourth-order valence-corrected chi connectivity index (χ4v) is 3.73. The molecule has 0 aliphatic carbocycles. The Kier molecular flexibility index (Phi) is 5.58. The summed E-state index contributed by atoms with van der Waals surface area (Å²) in [6, 6.07) is 13.0. The zero-order valence-corrected chi connectivity index (χ0v) is 17.2. The number of aliphatic hydroxyl groups excluding tert-OH is 1. The van der Waals surface area contributed by atoms with Crippen molar-refractivity contribution in [3.63, 3.8) is 0 Å². The van der Waals surface area contributed by atoms with Gasteiger partial charge in [0.25, 0.3) is 11.7 Å². The number of ketones is 1. The van der Waals surface area contributed by atoms with Crippen molar-refractivity contribution in [2.45, 2.75) is 26.4 Å². The van der Waals surface area contributed by atoms with Crippen LogP contribution < -0.4 is 4.74 Å². The normalized spacial score (nSPS) is 17.9. The molecule has 0 saturated carbocycles. The number of amides is 1. The molecule has 4 rings (SSSR count). The second kappa shape index (κ2) is 8.47. The van der Waals surface area contributed by atoms with E-state index in [-0.39, 0.29) is 17.9 Å². The second-order valence-electron chi connectivity index (χ2n) is 7.17. The Bertz CT molecular complexity index is 1140. The van der Waals surface area contributed by atoms with Crippen LogP contribution in [0.5, 0.6) is 5.75 Å². The van der Waals surface area contributed by atoms with E-state index >= 15 is 0 Å². The predicted octanol–water partition coefficient (Wildman–Crippen LogP) is 4.00. The minimum Gasteiger partial charge on any atom is -0.507 e. The molecule has 1 aliphatic heterocycles. The molecular weight excluding hydrogens is 396 g/mol. The summed E-state index contributed by atoms with van der Waals surface area (Å²) in [6.45, 7) is 4.34. The van der Waals surface area contributed by atoms with Gasteiger partial charge in [-0.3, -0.25) is 14.6 Å². The summed E-state index contributed by atoms with van der Waals surface area (Å²) in [5, 5.41) is 11.1. The third-order valence-corrected chi connectivity index (χ3v) is 5.16. The molecule has 3 aromatic rings. The van der Waals surface area contributed by atoms with Crippen LogP contribution in [0.1, 0.15) is 35.5 Å². The van der Waals surface area contributed by atoms with Crippen molar-refractivity contribution in [2.24, 2.45) is 0 Å². The van der Waals surface area contributed by atoms with Crippen molar-refractivity contribution in [1.82, 2.24) is 9.88 Å². The van der Waals surface area contributed by atoms with Crippen molar-refractivity contribution in [2.75, 3.05) is 6.61 Å². The molecule has 31 heavy (non-hydrogen) atoms. The number of nitrogens with zero attached hydrogens (tertiary/aromatic N) is 2. The van der Waals surface area contributed by atoms with E-state index in [1.165, 1.54) is 11.2 Å². The largest absolute Gasteiger partial charge is 0.507 e. The number of aliphatic hydroxyl groups is 1. The van der Waals surface area contributed by atoms with Crippen LogP contribution in [-0.2, 0) is 16.1 Å². The Morgan fingerprint density at radius 1 is 1.19 bits per heavy atom. The lowest BCUT2D eigenvalue weighted by molar-refractivity contribution is -0.140. The highest BCUT2D eigenvalue weighted by Crippen LogP contribution is 2.40. The molecule has 7 nitrogen and oxygen atoms in total. The number of likely N-dealkylation sites (tertiary alicyclic amines) is 1. The molecule has 1 amide bonds. The molecule has 3 heterocycles. The van der Waals surface area contributed by atoms with Crippen LogP contribution in [0, 0.1) is 6.92 Å². The van der Waals surface area contributed by atoms with Crippen molar-refractivity contribution < 1.29 is 23.8 Å². The van der Waals surface area contributed by atoms with Gasteiger partial charge >= 0.3 is 0 Å². The van der Waals surface area contributed by atoms with E-state index < -0.39 is 17.7 Å². The van der Waals surface area contributed by atoms with Gasteiger partial charge in [-0.15, -0.1) is 0 Å². The number of hydrogen-bond acceptors (Lipinski definition) is 6. The van der Waals surface area contributed by atoms with E-state index in [1.54, 1.807) is 54.7 Å². The minimum atomic E-state index is -0.835. The maximum Gasteiger partial charge on any atom is 0.296 e. The molecule has 1 aliphatic rings. The zero-order valence-electron chi connectivity index (χ0n) is 17.2. The molecule has 0 bridgehead atoms.